The van der Waals surface area contributed by atoms with Gasteiger partial charge in [-0.1, -0.05) is 6.42 Å². The number of rotatable bonds is 3. The second kappa shape index (κ2) is 6.02. The first-order valence-corrected chi connectivity index (χ1v) is 8.32. The van der Waals surface area contributed by atoms with Crippen molar-refractivity contribution >= 4 is 5.91 Å². The van der Waals surface area contributed by atoms with Crippen LogP contribution in [0.2, 0.25) is 0 Å². The summed E-state index contributed by atoms with van der Waals surface area (Å²) in [6, 6.07) is 0.476. The highest BCUT2D eigenvalue weighted by Gasteiger charge is 2.41. The Morgan fingerprint density at radius 3 is 2.50 bits per heavy atom. The zero-order chi connectivity index (χ0) is 14.1. The van der Waals surface area contributed by atoms with Gasteiger partial charge in [0.1, 0.15) is 0 Å². The summed E-state index contributed by atoms with van der Waals surface area (Å²) in [4.78, 5) is 12.5. The zero-order valence-corrected chi connectivity index (χ0v) is 12.5. The normalized spacial score (nSPS) is 42.2. The Morgan fingerprint density at radius 1 is 1.20 bits per heavy atom. The molecule has 0 aromatic rings. The van der Waals surface area contributed by atoms with Gasteiger partial charge in [-0.15, -0.1) is 0 Å². The minimum absolute atomic E-state index is 0.139. The molecule has 114 valence electrons. The molecular weight excluding hydrogens is 252 g/mol. The summed E-state index contributed by atoms with van der Waals surface area (Å²) in [6.07, 6.45) is 8.10. The minimum atomic E-state index is 0.139. The van der Waals surface area contributed by atoms with Gasteiger partial charge < -0.3 is 15.8 Å². The molecule has 0 aromatic heterocycles. The van der Waals surface area contributed by atoms with E-state index >= 15 is 0 Å². The Balaban J connectivity index is 1.54. The van der Waals surface area contributed by atoms with Crippen molar-refractivity contribution in [2.45, 2.75) is 70.1 Å². The maximum atomic E-state index is 12.5. The molecule has 2 saturated carbocycles. The SMILES string of the molecule is CC(NC(=O)C1CC2CCCC(C1)C2N)C1CCCO1. The number of hydrogen-bond acceptors (Lipinski definition) is 3. The number of carbonyl (C=O) groups is 1. The van der Waals surface area contributed by atoms with Crippen LogP contribution in [0.1, 0.15) is 51.9 Å². The molecule has 1 saturated heterocycles. The maximum Gasteiger partial charge on any atom is 0.223 e. The maximum absolute atomic E-state index is 12.5. The third-order valence-electron chi connectivity index (χ3n) is 5.68. The molecule has 4 atom stereocenters. The van der Waals surface area contributed by atoms with E-state index in [2.05, 4.69) is 12.2 Å². The summed E-state index contributed by atoms with van der Waals surface area (Å²) in [6.45, 7) is 2.91. The van der Waals surface area contributed by atoms with Crippen LogP contribution < -0.4 is 11.1 Å². The Morgan fingerprint density at radius 2 is 1.90 bits per heavy atom. The monoisotopic (exact) mass is 280 g/mol. The van der Waals surface area contributed by atoms with Gasteiger partial charge in [-0.2, -0.15) is 0 Å². The first-order valence-electron chi connectivity index (χ1n) is 8.32. The molecule has 0 aromatic carbocycles. The van der Waals surface area contributed by atoms with Gasteiger partial charge in [0.2, 0.25) is 5.91 Å². The molecule has 2 aliphatic carbocycles. The van der Waals surface area contributed by atoms with E-state index in [0.29, 0.717) is 17.9 Å². The zero-order valence-electron chi connectivity index (χ0n) is 12.5. The average molecular weight is 280 g/mol. The van der Waals surface area contributed by atoms with Gasteiger partial charge in [0.25, 0.3) is 0 Å². The van der Waals surface area contributed by atoms with Gasteiger partial charge in [-0.3, -0.25) is 4.79 Å². The molecule has 0 radical (unpaired) electrons. The molecule has 3 aliphatic rings. The molecule has 3 rings (SSSR count). The smallest absolute Gasteiger partial charge is 0.223 e. The van der Waals surface area contributed by atoms with Gasteiger partial charge >= 0.3 is 0 Å². The minimum Gasteiger partial charge on any atom is -0.376 e. The van der Waals surface area contributed by atoms with Crippen molar-refractivity contribution in [3.63, 3.8) is 0 Å². The van der Waals surface area contributed by atoms with Gasteiger partial charge in [0.15, 0.2) is 0 Å². The molecular formula is C16H28N2O2. The fourth-order valence-electron chi connectivity index (χ4n) is 4.44. The molecule has 3 N–H and O–H groups in total. The largest absolute Gasteiger partial charge is 0.376 e. The van der Waals surface area contributed by atoms with Crippen LogP contribution in [0.15, 0.2) is 0 Å². The molecule has 1 amide bonds. The van der Waals surface area contributed by atoms with Crippen LogP contribution in [0.25, 0.3) is 0 Å². The van der Waals surface area contributed by atoms with Crippen molar-refractivity contribution < 1.29 is 9.53 Å². The first-order chi connectivity index (χ1) is 9.65. The lowest BCUT2D eigenvalue weighted by Gasteiger charge is -2.43. The fraction of sp³-hybridized carbons (Fsp3) is 0.938. The van der Waals surface area contributed by atoms with Gasteiger partial charge in [0.05, 0.1) is 12.1 Å². The molecule has 20 heavy (non-hydrogen) atoms. The summed E-state index contributed by atoms with van der Waals surface area (Å²) in [5, 5.41) is 3.19. The summed E-state index contributed by atoms with van der Waals surface area (Å²) in [5.74, 6) is 1.54. The Kier molecular flexibility index (Phi) is 4.32. The number of nitrogens with two attached hydrogens (primary N) is 1. The van der Waals surface area contributed by atoms with Crippen LogP contribution in [0.4, 0.5) is 0 Å². The number of ether oxygens (including phenoxy) is 1. The summed E-state index contributed by atoms with van der Waals surface area (Å²) in [5.41, 5.74) is 6.30. The van der Waals surface area contributed by atoms with E-state index in [1.165, 1.54) is 19.3 Å². The number of fused-ring (bicyclic) bond motifs is 2. The van der Waals surface area contributed by atoms with E-state index in [4.69, 9.17) is 10.5 Å². The van der Waals surface area contributed by atoms with Gasteiger partial charge in [0, 0.05) is 18.6 Å². The summed E-state index contributed by atoms with van der Waals surface area (Å²) >= 11 is 0. The summed E-state index contributed by atoms with van der Waals surface area (Å²) in [7, 11) is 0. The molecule has 1 heterocycles. The predicted octanol–water partition coefficient (Wildman–Crippen LogP) is 1.82. The molecule has 4 unspecified atom stereocenters. The fourth-order valence-corrected chi connectivity index (χ4v) is 4.44. The van der Waals surface area contributed by atoms with Crippen molar-refractivity contribution in [1.82, 2.24) is 5.32 Å². The van der Waals surface area contributed by atoms with Crippen LogP contribution in [-0.2, 0) is 9.53 Å². The van der Waals surface area contributed by atoms with E-state index in [-0.39, 0.29) is 24.0 Å². The summed E-state index contributed by atoms with van der Waals surface area (Å²) < 4.78 is 5.66. The lowest BCUT2D eigenvalue weighted by Crippen LogP contribution is -2.51. The third kappa shape index (κ3) is 2.86. The van der Waals surface area contributed by atoms with Crippen LogP contribution in [0.5, 0.6) is 0 Å². The van der Waals surface area contributed by atoms with Crippen LogP contribution >= 0.6 is 0 Å². The second-order valence-electron chi connectivity index (χ2n) is 7.05. The van der Waals surface area contributed by atoms with Crippen molar-refractivity contribution in [2.24, 2.45) is 23.5 Å². The number of nitrogens with one attached hydrogen (secondary N) is 1. The lowest BCUT2D eigenvalue weighted by atomic mass is 9.65. The highest BCUT2D eigenvalue weighted by molar-refractivity contribution is 5.79. The predicted molar refractivity (Wildman–Crippen MR) is 78.1 cm³/mol. The second-order valence-corrected chi connectivity index (χ2v) is 7.05. The number of hydrogen-bond donors (Lipinski definition) is 2. The third-order valence-corrected chi connectivity index (χ3v) is 5.68. The van der Waals surface area contributed by atoms with Crippen molar-refractivity contribution in [3.05, 3.63) is 0 Å². The van der Waals surface area contributed by atoms with E-state index in [1.54, 1.807) is 0 Å². The van der Waals surface area contributed by atoms with Gasteiger partial charge in [-0.25, -0.2) is 0 Å². The van der Waals surface area contributed by atoms with E-state index in [1.807, 2.05) is 0 Å². The standard InChI is InChI=1S/C16H28N2O2/c1-10(14-6-3-7-20-14)18-16(19)13-8-11-4-2-5-12(9-13)15(11)17/h10-15H,2-9,17H2,1H3,(H,18,19). The lowest BCUT2D eigenvalue weighted by molar-refractivity contribution is -0.129. The van der Waals surface area contributed by atoms with Crippen LogP contribution in [0.3, 0.4) is 0 Å². The highest BCUT2D eigenvalue weighted by atomic mass is 16.5. The van der Waals surface area contributed by atoms with E-state index < -0.39 is 0 Å². The van der Waals surface area contributed by atoms with E-state index in [9.17, 15) is 4.79 Å². The Bertz CT molecular complexity index is 340. The quantitative estimate of drug-likeness (QED) is 0.829. The van der Waals surface area contributed by atoms with Crippen molar-refractivity contribution in [1.29, 1.82) is 0 Å². The van der Waals surface area contributed by atoms with Gasteiger partial charge in [-0.05, 0) is 57.3 Å². The Hall–Kier alpha value is -0.610. The van der Waals surface area contributed by atoms with Crippen molar-refractivity contribution in [2.75, 3.05) is 6.61 Å². The van der Waals surface area contributed by atoms with Crippen LogP contribution in [-0.4, -0.2) is 30.7 Å². The molecule has 2 bridgehead atoms. The molecule has 1 aliphatic heterocycles. The molecule has 3 fully saturated rings. The molecule has 0 spiro atoms. The average Bonchev–Trinajstić information content (AvgIpc) is 2.92. The molecule has 4 nitrogen and oxygen atoms in total. The van der Waals surface area contributed by atoms with Crippen molar-refractivity contribution in [3.8, 4) is 0 Å². The number of amides is 1. The first kappa shape index (κ1) is 14.3. The topological polar surface area (TPSA) is 64.4 Å². The van der Waals surface area contributed by atoms with Crippen LogP contribution in [0, 0.1) is 17.8 Å². The number of carbonyl (C=O) groups excluding carboxylic acids is 1. The molecule has 4 heteroatoms. The van der Waals surface area contributed by atoms with E-state index in [0.717, 1.165) is 32.3 Å². The Labute approximate surface area is 121 Å². The highest BCUT2D eigenvalue weighted by Crippen LogP contribution is 2.41.